The summed E-state index contributed by atoms with van der Waals surface area (Å²) in [5, 5.41) is 2.70. The molecule has 1 aromatic heterocycles. The van der Waals surface area contributed by atoms with Crippen LogP contribution in [-0.4, -0.2) is 48.5 Å². The van der Waals surface area contributed by atoms with Crippen molar-refractivity contribution >= 4 is 11.8 Å². The first-order valence-electron chi connectivity index (χ1n) is 11.8. The Morgan fingerprint density at radius 2 is 2.00 bits per heavy atom. The van der Waals surface area contributed by atoms with Crippen LogP contribution in [0.5, 0.6) is 5.75 Å². The van der Waals surface area contributed by atoms with Gasteiger partial charge in [-0.2, -0.15) is 0 Å². The van der Waals surface area contributed by atoms with Gasteiger partial charge in [0.1, 0.15) is 12.0 Å². The normalized spacial score (nSPS) is 14.9. The van der Waals surface area contributed by atoms with Crippen LogP contribution in [0.1, 0.15) is 58.0 Å². The summed E-state index contributed by atoms with van der Waals surface area (Å²) >= 11 is 0. The number of aryl methyl sites for hydroxylation is 1. The lowest BCUT2D eigenvalue weighted by molar-refractivity contribution is -0.132. The molecular formula is C27H31N3O5. The topological polar surface area (TPSA) is 93.9 Å². The van der Waals surface area contributed by atoms with Crippen molar-refractivity contribution in [1.29, 1.82) is 0 Å². The first-order chi connectivity index (χ1) is 17.0. The van der Waals surface area contributed by atoms with Gasteiger partial charge in [-0.25, -0.2) is 4.98 Å². The number of nitrogens with zero attached hydrogens (tertiary/aromatic N) is 2. The second-order valence-electron chi connectivity index (χ2n) is 8.53. The monoisotopic (exact) mass is 477 g/mol. The maximum absolute atomic E-state index is 12.8. The predicted molar refractivity (Wildman–Crippen MR) is 130 cm³/mol. The maximum atomic E-state index is 12.8. The minimum absolute atomic E-state index is 0.0803. The average molecular weight is 478 g/mol. The van der Waals surface area contributed by atoms with Gasteiger partial charge in [0.25, 0.3) is 5.91 Å². The lowest BCUT2D eigenvalue weighted by Crippen LogP contribution is -2.40. The highest BCUT2D eigenvalue weighted by molar-refractivity contribution is 5.91. The largest absolute Gasteiger partial charge is 0.484 e. The van der Waals surface area contributed by atoms with Crippen LogP contribution in [-0.2, 0) is 22.6 Å². The molecule has 35 heavy (non-hydrogen) atoms. The molecule has 0 fully saturated rings. The summed E-state index contributed by atoms with van der Waals surface area (Å²) in [5.41, 5.74) is 4.71. The number of oxazole rings is 1. The van der Waals surface area contributed by atoms with Gasteiger partial charge in [0.2, 0.25) is 11.8 Å². The number of carbonyl (C=O) groups is 2. The average Bonchev–Trinajstić information content (AvgIpc) is 3.36. The van der Waals surface area contributed by atoms with E-state index in [1.165, 1.54) is 17.4 Å². The Morgan fingerprint density at radius 3 is 2.74 bits per heavy atom. The molecule has 0 radical (unpaired) electrons. The molecule has 4 rings (SSSR count). The van der Waals surface area contributed by atoms with Crippen molar-refractivity contribution < 1.29 is 23.5 Å². The van der Waals surface area contributed by atoms with E-state index in [9.17, 15) is 9.59 Å². The van der Waals surface area contributed by atoms with E-state index in [0.717, 1.165) is 17.5 Å². The lowest BCUT2D eigenvalue weighted by Gasteiger charge is -2.38. The molecule has 2 amide bonds. The summed E-state index contributed by atoms with van der Waals surface area (Å²) in [5.74, 6) is 0.754. The molecule has 184 valence electrons. The summed E-state index contributed by atoms with van der Waals surface area (Å²) in [4.78, 5) is 31.1. The van der Waals surface area contributed by atoms with E-state index in [2.05, 4.69) is 47.6 Å². The number of benzene rings is 2. The van der Waals surface area contributed by atoms with Gasteiger partial charge in [0.05, 0.1) is 12.6 Å². The zero-order valence-electron chi connectivity index (χ0n) is 20.4. The van der Waals surface area contributed by atoms with Gasteiger partial charge in [0, 0.05) is 26.6 Å². The predicted octanol–water partition coefficient (Wildman–Crippen LogP) is 3.82. The van der Waals surface area contributed by atoms with Crippen LogP contribution in [0, 0.1) is 6.92 Å². The van der Waals surface area contributed by atoms with Crippen molar-refractivity contribution in [3.8, 4) is 5.75 Å². The van der Waals surface area contributed by atoms with Crippen molar-refractivity contribution in [3.05, 3.63) is 82.6 Å². The highest BCUT2D eigenvalue weighted by Gasteiger charge is 2.31. The lowest BCUT2D eigenvalue weighted by atomic mass is 9.87. The van der Waals surface area contributed by atoms with Gasteiger partial charge in [-0.15, -0.1) is 0 Å². The molecule has 3 aromatic rings. The fourth-order valence-corrected chi connectivity index (χ4v) is 4.25. The van der Waals surface area contributed by atoms with E-state index < -0.39 is 0 Å². The molecule has 0 saturated heterocycles. The number of amides is 2. The molecule has 1 aliphatic rings. The van der Waals surface area contributed by atoms with Crippen molar-refractivity contribution in [1.82, 2.24) is 15.2 Å². The molecule has 0 unspecified atom stereocenters. The number of nitrogens with one attached hydrogen (secondary N) is 1. The van der Waals surface area contributed by atoms with Crippen LogP contribution in [0.2, 0.25) is 0 Å². The Hall–Kier alpha value is -3.65. The van der Waals surface area contributed by atoms with Gasteiger partial charge in [-0.05, 0) is 42.2 Å². The van der Waals surface area contributed by atoms with Crippen LogP contribution in [0.25, 0.3) is 0 Å². The molecular weight excluding hydrogens is 446 g/mol. The fraction of sp³-hybridized carbons (Fsp3) is 0.370. The third-order valence-corrected chi connectivity index (χ3v) is 6.10. The van der Waals surface area contributed by atoms with Crippen LogP contribution >= 0.6 is 0 Å². The second kappa shape index (κ2) is 11.2. The number of fused-ring (bicyclic) bond motifs is 1. The van der Waals surface area contributed by atoms with Crippen molar-refractivity contribution in [2.24, 2.45) is 0 Å². The van der Waals surface area contributed by atoms with Crippen LogP contribution in [0.3, 0.4) is 0 Å². The van der Waals surface area contributed by atoms with Gasteiger partial charge in [0.15, 0.2) is 12.3 Å². The molecule has 0 saturated carbocycles. The zero-order valence-corrected chi connectivity index (χ0v) is 20.4. The van der Waals surface area contributed by atoms with E-state index >= 15 is 0 Å². The first kappa shape index (κ1) is 24.5. The number of rotatable bonds is 9. The molecule has 0 spiro atoms. The fourth-order valence-electron chi connectivity index (χ4n) is 4.25. The Labute approximate surface area is 205 Å². The number of aromatic nitrogens is 1. The summed E-state index contributed by atoms with van der Waals surface area (Å²) in [6.45, 7) is 5.52. The highest BCUT2D eigenvalue weighted by Crippen LogP contribution is 2.37. The Morgan fingerprint density at radius 1 is 1.20 bits per heavy atom. The van der Waals surface area contributed by atoms with Crippen LogP contribution in [0.15, 0.2) is 53.1 Å². The van der Waals surface area contributed by atoms with E-state index in [-0.39, 0.29) is 30.2 Å². The molecule has 8 nitrogen and oxygen atoms in total. The molecule has 1 aliphatic heterocycles. The number of hydrogen-bond donors (Lipinski definition) is 1. The molecule has 1 N–H and O–H groups in total. The zero-order chi connectivity index (χ0) is 24.8. The molecule has 2 aromatic carbocycles. The standard InChI is InChI=1S/C27H31N3O5/c1-4-25(31)30-13-11-19-9-10-21(15-22(19)26(30)20-7-5-18(2)6-8-20)34-17-24-29-23(16-35-24)27(32)28-12-14-33-3/h5-10,15-16,26H,4,11-14,17H2,1-3H3,(H,28,32)/t26-/m1/s1. The third kappa shape index (κ3) is 5.71. The number of carbonyl (C=O) groups excluding carboxylic acids is 2. The first-order valence-corrected chi connectivity index (χ1v) is 11.8. The Balaban J connectivity index is 1.52. The molecule has 1 atom stereocenters. The Bertz CT molecular complexity index is 1170. The second-order valence-corrected chi connectivity index (χ2v) is 8.53. The van der Waals surface area contributed by atoms with E-state index in [4.69, 9.17) is 13.9 Å². The van der Waals surface area contributed by atoms with Gasteiger partial charge in [-0.3, -0.25) is 9.59 Å². The van der Waals surface area contributed by atoms with Gasteiger partial charge < -0.3 is 24.1 Å². The van der Waals surface area contributed by atoms with Crippen molar-refractivity contribution in [2.45, 2.75) is 39.3 Å². The maximum Gasteiger partial charge on any atom is 0.273 e. The quantitative estimate of drug-likeness (QED) is 0.471. The smallest absolute Gasteiger partial charge is 0.273 e. The highest BCUT2D eigenvalue weighted by atomic mass is 16.5. The SMILES string of the molecule is CCC(=O)N1CCc2ccc(OCc3nc(C(=O)NCCOC)co3)cc2[C@H]1c1ccc(C)cc1. The molecule has 0 aliphatic carbocycles. The van der Waals surface area contributed by atoms with E-state index in [1.54, 1.807) is 7.11 Å². The number of ether oxygens (including phenoxy) is 2. The summed E-state index contributed by atoms with van der Waals surface area (Å²) in [6, 6.07) is 14.1. The molecule has 2 heterocycles. The summed E-state index contributed by atoms with van der Waals surface area (Å²) in [7, 11) is 1.57. The molecule has 8 heteroatoms. The van der Waals surface area contributed by atoms with Gasteiger partial charge >= 0.3 is 0 Å². The minimum Gasteiger partial charge on any atom is -0.484 e. The van der Waals surface area contributed by atoms with Gasteiger partial charge in [-0.1, -0.05) is 42.8 Å². The number of methoxy groups -OCH3 is 1. The number of hydrogen-bond acceptors (Lipinski definition) is 6. The Kier molecular flexibility index (Phi) is 7.82. The summed E-state index contributed by atoms with van der Waals surface area (Å²) < 4.78 is 16.3. The van der Waals surface area contributed by atoms with E-state index in [1.807, 2.05) is 24.0 Å². The van der Waals surface area contributed by atoms with Crippen LogP contribution < -0.4 is 10.1 Å². The minimum atomic E-state index is -0.326. The van der Waals surface area contributed by atoms with Crippen molar-refractivity contribution in [2.75, 3.05) is 26.8 Å². The molecule has 0 bridgehead atoms. The van der Waals surface area contributed by atoms with Crippen molar-refractivity contribution in [3.63, 3.8) is 0 Å². The third-order valence-electron chi connectivity index (χ3n) is 6.10. The summed E-state index contributed by atoms with van der Waals surface area (Å²) in [6.07, 6.45) is 2.57. The van der Waals surface area contributed by atoms with Crippen LogP contribution in [0.4, 0.5) is 0 Å². The van der Waals surface area contributed by atoms with E-state index in [0.29, 0.717) is 37.8 Å².